The Hall–Kier alpha value is -4.20. The normalized spacial score (nSPS) is 13.2. The molecule has 1 aliphatic heterocycles. The molecular formula is C31H30F3N5. The second-order valence-electron chi connectivity index (χ2n) is 9.58. The third-order valence-corrected chi connectivity index (χ3v) is 6.84. The number of fused-ring (bicyclic) bond motifs is 2. The van der Waals surface area contributed by atoms with Crippen molar-refractivity contribution in [3.8, 4) is 17.1 Å². The fraction of sp³-hybridized carbons (Fsp3) is 0.258. The van der Waals surface area contributed by atoms with Crippen LogP contribution in [0, 0.1) is 6.92 Å². The van der Waals surface area contributed by atoms with Crippen LogP contribution in [0.3, 0.4) is 0 Å². The van der Waals surface area contributed by atoms with Crippen LogP contribution in [0.4, 0.5) is 24.5 Å². The van der Waals surface area contributed by atoms with Crippen LogP contribution < -0.4 is 10.7 Å². The van der Waals surface area contributed by atoms with Gasteiger partial charge in [0.2, 0.25) is 0 Å². The summed E-state index contributed by atoms with van der Waals surface area (Å²) in [7, 11) is 0. The van der Waals surface area contributed by atoms with Crippen LogP contribution in [0.25, 0.3) is 28.1 Å². The standard InChI is InChI=1S/C31H30F3N5/c1-4-9-22(5-2)36-27-19-30-28(18-26(27)37-24-11-8-17-35-20(24)3)38-25-10-6-7-12-29(25)39(30)23-15-13-21(14-16-23)31(32,33)34/h6-8,10-19,22,37H,4-5,9H2,1-3H3. The maximum atomic E-state index is 13.3. The Bertz CT molecular complexity index is 1640. The van der Waals surface area contributed by atoms with E-state index >= 15 is 0 Å². The number of hydrogen-bond acceptors (Lipinski definition) is 4. The Labute approximate surface area is 225 Å². The highest BCUT2D eigenvalue weighted by molar-refractivity contribution is 5.84. The molecule has 39 heavy (non-hydrogen) atoms. The molecule has 0 saturated heterocycles. The maximum Gasteiger partial charge on any atom is 0.416 e. The predicted molar refractivity (Wildman–Crippen MR) is 150 cm³/mol. The molecule has 8 heteroatoms. The molecule has 200 valence electrons. The number of nitrogens with zero attached hydrogens (tertiary/aromatic N) is 4. The molecule has 0 amide bonds. The van der Waals surface area contributed by atoms with Crippen LogP contribution >= 0.6 is 0 Å². The van der Waals surface area contributed by atoms with E-state index < -0.39 is 11.7 Å². The Morgan fingerprint density at radius 2 is 1.72 bits per heavy atom. The van der Waals surface area contributed by atoms with Gasteiger partial charge < -0.3 is 9.88 Å². The van der Waals surface area contributed by atoms with Gasteiger partial charge in [0.25, 0.3) is 0 Å². The fourth-order valence-corrected chi connectivity index (χ4v) is 4.78. The lowest BCUT2D eigenvalue weighted by atomic mass is 10.1. The predicted octanol–water partition coefficient (Wildman–Crippen LogP) is 8.08. The highest BCUT2D eigenvalue weighted by Crippen LogP contribution is 2.33. The second-order valence-corrected chi connectivity index (χ2v) is 9.58. The lowest BCUT2D eigenvalue weighted by Crippen LogP contribution is -2.18. The van der Waals surface area contributed by atoms with Gasteiger partial charge in [-0.05, 0) is 80.4 Å². The van der Waals surface area contributed by atoms with Gasteiger partial charge in [0.05, 0.1) is 56.5 Å². The van der Waals surface area contributed by atoms with Gasteiger partial charge in [-0.25, -0.2) is 4.98 Å². The summed E-state index contributed by atoms with van der Waals surface area (Å²) in [6.07, 6.45) is 0.205. The molecule has 0 spiro atoms. The first kappa shape index (κ1) is 26.4. The number of hydrogen-bond donors (Lipinski definition) is 1. The molecule has 0 saturated carbocycles. The van der Waals surface area contributed by atoms with Crippen molar-refractivity contribution >= 4 is 22.4 Å². The van der Waals surface area contributed by atoms with Crippen molar-refractivity contribution in [3.63, 3.8) is 0 Å². The van der Waals surface area contributed by atoms with Crippen molar-refractivity contribution in [2.45, 2.75) is 52.3 Å². The number of halogens is 3. The molecule has 5 nitrogen and oxygen atoms in total. The summed E-state index contributed by atoms with van der Waals surface area (Å²) in [5.74, 6) is 0. The average molecular weight is 530 g/mol. The number of nitrogens with one attached hydrogen (secondary N) is 1. The van der Waals surface area contributed by atoms with Crippen molar-refractivity contribution in [2.24, 2.45) is 4.99 Å². The number of rotatable bonds is 7. The molecule has 1 aromatic heterocycles. The van der Waals surface area contributed by atoms with Crippen LogP contribution in [0.5, 0.6) is 0 Å². The largest absolute Gasteiger partial charge is 0.416 e. The van der Waals surface area contributed by atoms with Gasteiger partial charge in [-0.3, -0.25) is 9.98 Å². The summed E-state index contributed by atoms with van der Waals surface area (Å²) < 4.78 is 41.9. The minimum Gasteiger partial charge on any atom is -0.352 e. The molecule has 2 heterocycles. The highest BCUT2D eigenvalue weighted by Gasteiger charge is 2.30. The van der Waals surface area contributed by atoms with Crippen molar-refractivity contribution in [2.75, 3.05) is 5.32 Å². The third-order valence-electron chi connectivity index (χ3n) is 6.84. The van der Waals surface area contributed by atoms with Gasteiger partial charge in [0.1, 0.15) is 0 Å². The van der Waals surface area contributed by atoms with Crippen molar-refractivity contribution < 1.29 is 13.2 Å². The number of anilines is 2. The topological polar surface area (TPSA) is 55.1 Å². The summed E-state index contributed by atoms with van der Waals surface area (Å²) in [5, 5.41) is 4.27. The number of benzene rings is 3. The van der Waals surface area contributed by atoms with Crippen LogP contribution in [-0.2, 0) is 6.18 Å². The minimum atomic E-state index is -4.41. The van der Waals surface area contributed by atoms with E-state index in [-0.39, 0.29) is 6.04 Å². The number of aryl methyl sites for hydroxylation is 1. The molecule has 0 bridgehead atoms. The van der Waals surface area contributed by atoms with Gasteiger partial charge in [-0.2, -0.15) is 13.2 Å². The van der Waals surface area contributed by atoms with Crippen LogP contribution in [0.2, 0.25) is 0 Å². The molecule has 0 radical (unpaired) electrons. The van der Waals surface area contributed by atoms with Crippen LogP contribution in [0.15, 0.2) is 84.0 Å². The molecule has 0 fully saturated rings. The van der Waals surface area contributed by atoms with Crippen molar-refractivity contribution in [3.05, 3.63) is 95.6 Å². The van der Waals surface area contributed by atoms with E-state index in [1.807, 2.05) is 60.0 Å². The lowest BCUT2D eigenvalue weighted by Gasteiger charge is -2.21. The molecule has 1 N–H and O–H groups in total. The zero-order chi connectivity index (χ0) is 27.6. The van der Waals surface area contributed by atoms with Crippen LogP contribution in [-0.4, -0.2) is 20.6 Å². The molecule has 2 aliphatic rings. The minimum absolute atomic E-state index is 0.135. The summed E-state index contributed by atoms with van der Waals surface area (Å²) in [6.45, 7) is 6.21. The van der Waals surface area contributed by atoms with Crippen LogP contribution in [0.1, 0.15) is 44.4 Å². The molecule has 1 atom stereocenters. The van der Waals surface area contributed by atoms with E-state index in [0.29, 0.717) is 11.4 Å². The number of alkyl halides is 3. The second kappa shape index (κ2) is 10.9. The van der Waals surface area contributed by atoms with E-state index in [9.17, 15) is 13.2 Å². The first-order valence-electron chi connectivity index (χ1n) is 13.1. The van der Waals surface area contributed by atoms with Crippen molar-refractivity contribution in [1.82, 2.24) is 14.5 Å². The van der Waals surface area contributed by atoms with E-state index in [0.717, 1.165) is 70.5 Å². The smallest absolute Gasteiger partial charge is 0.352 e. The van der Waals surface area contributed by atoms with Gasteiger partial charge in [-0.15, -0.1) is 0 Å². The summed E-state index contributed by atoms with van der Waals surface area (Å²) >= 11 is 0. The number of para-hydroxylation sites is 2. The van der Waals surface area contributed by atoms with E-state index in [1.165, 1.54) is 12.1 Å². The Morgan fingerprint density at radius 1 is 0.949 bits per heavy atom. The first-order valence-corrected chi connectivity index (χ1v) is 13.1. The molecule has 2 aromatic carbocycles. The Kier molecular flexibility index (Phi) is 7.37. The zero-order valence-corrected chi connectivity index (χ0v) is 22.1. The highest BCUT2D eigenvalue weighted by atomic mass is 19.4. The van der Waals surface area contributed by atoms with E-state index in [2.05, 4.69) is 24.1 Å². The van der Waals surface area contributed by atoms with Gasteiger partial charge >= 0.3 is 6.18 Å². The number of aromatic nitrogens is 3. The quantitative estimate of drug-likeness (QED) is 0.217. The zero-order valence-electron chi connectivity index (χ0n) is 22.1. The molecular weight excluding hydrogens is 499 g/mol. The average Bonchev–Trinajstić information content (AvgIpc) is 2.92. The third kappa shape index (κ3) is 5.50. The summed E-state index contributed by atoms with van der Waals surface area (Å²) in [5.41, 5.74) is 5.43. The first-order chi connectivity index (χ1) is 18.8. The molecule has 1 unspecified atom stereocenters. The van der Waals surface area contributed by atoms with Crippen molar-refractivity contribution in [1.29, 1.82) is 0 Å². The Morgan fingerprint density at radius 3 is 2.41 bits per heavy atom. The van der Waals surface area contributed by atoms with Gasteiger partial charge in [0.15, 0.2) is 0 Å². The molecule has 1 aliphatic carbocycles. The maximum absolute atomic E-state index is 13.3. The van der Waals surface area contributed by atoms with E-state index in [4.69, 9.17) is 9.98 Å². The van der Waals surface area contributed by atoms with E-state index in [1.54, 1.807) is 6.20 Å². The molecule has 3 aromatic rings. The fourth-order valence-electron chi connectivity index (χ4n) is 4.78. The lowest BCUT2D eigenvalue weighted by molar-refractivity contribution is -0.137. The summed E-state index contributed by atoms with van der Waals surface area (Å²) in [4.78, 5) is 14.5. The monoisotopic (exact) mass is 529 g/mol. The Balaban J connectivity index is 1.80. The number of pyridine rings is 1. The van der Waals surface area contributed by atoms with Gasteiger partial charge in [0, 0.05) is 11.9 Å². The molecule has 5 rings (SSSR count). The summed E-state index contributed by atoms with van der Waals surface area (Å²) in [6, 6.07) is 20.8. The van der Waals surface area contributed by atoms with Gasteiger partial charge in [-0.1, -0.05) is 32.4 Å². The SMILES string of the molecule is CCCC(CC)N=c1cc2n(-c3ccc(C(F)(F)F)cc3)c3ccccc3nc-2cc1Nc1cccnc1C.